The van der Waals surface area contributed by atoms with E-state index >= 15 is 0 Å². The van der Waals surface area contributed by atoms with Gasteiger partial charge in [0.25, 0.3) is 5.56 Å². The number of fused-ring (bicyclic) bond motifs is 1. The zero-order valence-corrected chi connectivity index (χ0v) is 15.1. The van der Waals surface area contributed by atoms with E-state index in [-0.39, 0.29) is 17.0 Å². The molecule has 0 saturated heterocycles. The van der Waals surface area contributed by atoms with E-state index in [1.807, 2.05) is 13.8 Å². The summed E-state index contributed by atoms with van der Waals surface area (Å²) in [4.78, 5) is 13.0. The summed E-state index contributed by atoms with van der Waals surface area (Å²) < 4.78 is 7.19. The lowest BCUT2D eigenvalue weighted by Crippen LogP contribution is -2.32. The maximum atomic E-state index is 13.0. The number of halogens is 2. The second kappa shape index (κ2) is 6.47. The first-order valence-corrected chi connectivity index (χ1v) is 8.41. The predicted octanol–water partition coefficient (Wildman–Crippen LogP) is 3.70. The van der Waals surface area contributed by atoms with E-state index < -0.39 is 5.92 Å². The molecule has 1 atom stereocenters. The van der Waals surface area contributed by atoms with E-state index in [4.69, 9.17) is 33.7 Å². The molecule has 0 saturated carbocycles. The molecule has 1 aromatic carbocycles. The topological polar surface area (TPSA) is 81.0 Å². The van der Waals surface area contributed by atoms with Gasteiger partial charge in [-0.3, -0.25) is 4.79 Å². The van der Waals surface area contributed by atoms with Gasteiger partial charge in [-0.05, 0) is 31.5 Å². The zero-order chi connectivity index (χ0) is 18.3. The van der Waals surface area contributed by atoms with E-state index in [2.05, 4.69) is 6.07 Å². The van der Waals surface area contributed by atoms with Crippen molar-refractivity contribution in [2.24, 2.45) is 5.73 Å². The number of hydrogen-bond acceptors (Lipinski definition) is 4. The molecule has 1 aliphatic heterocycles. The van der Waals surface area contributed by atoms with Gasteiger partial charge in [-0.2, -0.15) is 5.26 Å². The minimum absolute atomic E-state index is 0.0147. The third-order valence-electron chi connectivity index (χ3n) is 4.28. The summed E-state index contributed by atoms with van der Waals surface area (Å²) in [6.45, 7) is 4.21. The molecule has 0 bridgehead atoms. The molecule has 0 unspecified atom stereocenters. The van der Waals surface area contributed by atoms with Gasteiger partial charge in [0.2, 0.25) is 5.88 Å². The molecule has 2 heterocycles. The van der Waals surface area contributed by atoms with Gasteiger partial charge in [0, 0.05) is 18.3 Å². The highest BCUT2D eigenvalue weighted by molar-refractivity contribution is 6.42. The molecule has 0 spiro atoms. The molecule has 3 rings (SSSR count). The van der Waals surface area contributed by atoms with E-state index in [0.717, 1.165) is 5.69 Å². The van der Waals surface area contributed by atoms with Gasteiger partial charge in [0.1, 0.15) is 17.4 Å². The fraction of sp³-hybridized carbons (Fsp3) is 0.222. The van der Waals surface area contributed by atoms with E-state index in [9.17, 15) is 10.1 Å². The third kappa shape index (κ3) is 2.78. The average Bonchev–Trinajstić information content (AvgIpc) is 2.56. The minimum atomic E-state index is -0.658. The van der Waals surface area contributed by atoms with Crippen molar-refractivity contribution in [2.75, 3.05) is 0 Å². The quantitative estimate of drug-likeness (QED) is 0.867. The Balaban J connectivity index is 2.35. The maximum absolute atomic E-state index is 13.0. The second-order valence-corrected chi connectivity index (χ2v) is 6.53. The second-order valence-electron chi connectivity index (χ2n) is 5.71. The number of rotatable bonds is 2. The van der Waals surface area contributed by atoms with Gasteiger partial charge >= 0.3 is 0 Å². The Morgan fingerprint density at radius 2 is 2.04 bits per heavy atom. The molecule has 2 N–H and O–H groups in total. The van der Waals surface area contributed by atoms with E-state index in [1.54, 1.807) is 28.8 Å². The zero-order valence-electron chi connectivity index (χ0n) is 13.6. The van der Waals surface area contributed by atoms with Crippen LogP contribution >= 0.6 is 23.2 Å². The molecule has 25 heavy (non-hydrogen) atoms. The van der Waals surface area contributed by atoms with Gasteiger partial charge in [0.05, 0.1) is 21.5 Å². The molecule has 0 amide bonds. The van der Waals surface area contributed by atoms with Gasteiger partial charge in [0.15, 0.2) is 0 Å². The summed E-state index contributed by atoms with van der Waals surface area (Å²) in [6, 6.07) is 8.82. The molecule has 5 nitrogen and oxygen atoms in total. The Hall–Kier alpha value is -2.42. The van der Waals surface area contributed by atoms with Crippen LogP contribution in [0.1, 0.15) is 29.7 Å². The first-order chi connectivity index (χ1) is 11.9. The van der Waals surface area contributed by atoms with Crippen molar-refractivity contribution in [3.63, 3.8) is 0 Å². The monoisotopic (exact) mass is 375 g/mol. The van der Waals surface area contributed by atoms with Crippen LogP contribution in [0.3, 0.4) is 0 Å². The summed E-state index contributed by atoms with van der Waals surface area (Å²) >= 11 is 12.1. The number of aromatic nitrogens is 1. The number of pyridine rings is 1. The van der Waals surface area contributed by atoms with Gasteiger partial charge in [-0.1, -0.05) is 29.3 Å². The maximum Gasteiger partial charge on any atom is 0.258 e. The molecular weight excluding hydrogens is 361 g/mol. The molecule has 7 heteroatoms. The number of ether oxygens (including phenoxy) is 1. The molecule has 2 aromatic rings. The Labute approximate surface area is 154 Å². The van der Waals surface area contributed by atoms with Crippen LogP contribution in [-0.2, 0) is 6.54 Å². The Kier molecular flexibility index (Phi) is 4.51. The largest absolute Gasteiger partial charge is 0.440 e. The summed E-state index contributed by atoms with van der Waals surface area (Å²) in [5.74, 6) is -0.312. The highest BCUT2D eigenvalue weighted by Gasteiger charge is 2.34. The normalized spacial score (nSPS) is 16.2. The summed E-state index contributed by atoms with van der Waals surface area (Å²) in [5.41, 5.74) is 7.68. The highest BCUT2D eigenvalue weighted by Crippen LogP contribution is 2.41. The number of nitriles is 1. The number of allylic oxidation sites excluding steroid dienone is 1. The summed E-state index contributed by atoms with van der Waals surface area (Å²) in [5, 5.41) is 10.3. The van der Waals surface area contributed by atoms with Crippen molar-refractivity contribution in [3.8, 4) is 11.8 Å². The van der Waals surface area contributed by atoms with Crippen molar-refractivity contribution in [1.29, 1.82) is 5.26 Å². The number of aryl methyl sites for hydroxylation is 1. The molecule has 0 radical (unpaired) electrons. The predicted molar refractivity (Wildman–Crippen MR) is 96.9 cm³/mol. The van der Waals surface area contributed by atoms with Crippen LogP contribution in [0.25, 0.3) is 0 Å². The average molecular weight is 376 g/mol. The van der Waals surface area contributed by atoms with Crippen LogP contribution in [-0.4, -0.2) is 4.57 Å². The lowest BCUT2D eigenvalue weighted by atomic mass is 9.84. The lowest BCUT2D eigenvalue weighted by molar-refractivity contribution is 0.388. The van der Waals surface area contributed by atoms with Crippen LogP contribution in [0.5, 0.6) is 5.75 Å². The fourth-order valence-corrected chi connectivity index (χ4v) is 3.41. The highest BCUT2D eigenvalue weighted by atomic mass is 35.5. The lowest BCUT2D eigenvalue weighted by Gasteiger charge is -2.27. The Morgan fingerprint density at radius 1 is 1.32 bits per heavy atom. The van der Waals surface area contributed by atoms with Crippen LogP contribution in [0.15, 0.2) is 40.5 Å². The number of nitrogens with zero attached hydrogens (tertiary/aromatic N) is 2. The molecule has 0 fully saturated rings. The molecule has 0 aliphatic carbocycles. The number of hydrogen-bond donors (Lipinski definition) is 1. The van der Waals surface area contributed by atoms with Crippen LogP contribution < -0.4 is 16.0 Å². The van der Waals surface area contributed by atoms with Gasteiger partial charge < -0.3 is 15.0 Å². The molecule has 128 valence electrons. The summed E-state index contributed by atoms with van der Waals surface area (Å²) in [6.07, 6.45) is 0. The first-order valence-electron chi connectivity index (χ1n) is 7.65. The fourth-order valence-electron chi connectivity index (χ4n) is 3.10. The van der Waals surface area contributed by atoms with E-state index in [1.165, 1.54) is 0 Å². The molecule has 1 aromatic heterocycles. The van der Waals surface area contributed by atoms with Crippen LogP contribution in [0, 0.1) is 18.3 Å². The van der Waals surface area contributed by atoms with Crippen LogP contribution in [0.4, 0.5) is 0 Å². The first kappa shape index (κ1) is 17.4. The van der Waals surface area contributed by atoms with Gasteiger partial charge in [-0.15, -0.1) is 0 Å². The van der Waals surface area contributed by atoms with Crippen molar-refractivity contribution in [1.82, 2.24) is 4.57 Å². The van der Waals surface area contributed by atoms with Crippen molar-refractivity contribution in [3.05, 3.63) is 72.9 Å². The van der Waals surface area contributed by atoms with Crippen molar-refractivity contribution in [2.45, 2.75) is 26.3 Å². The number of benzene rings is 1. The SMILES string of the molecule is CCn1c(C)cc2c(c1=O)[C@H](c1ccc(Cl)c(Cl)c1)C(C#N)=C(N)O2. The minimum Gasteiger partial charge on any atom is -0.440 e. The summed E-state index contributed by atoms with van der Waals surface area (Å²) in [7, 11) is 0. The van der Waals surface area contributed by atoms with Gasteiger partial charge in [-0.25, -0.2) is 0 Å². The van der Waals surface area contributed by atoms with Crippen molar-refractivity contribution < 1.29 is 4.74 Å². The smallest absolute Gasteiger partial charge is 0.258 e. The van der Waals surface area contributed by atoms with Crippen molar-refractivity contribution >= 4 is 23.2 Å². The molecule has 1 aliphatic rings. The Bertz CT molecular complexity index is 1000. The van der Waals surface area contributed by atoms with E-state index in [0.29, 0.717) is 33.5 Å². The standard InChI is InChI=1S/C18H15Cl2N3O2/c1-3-23-9(2)6-14-16(18(23)24)15(11(8-21)17(22)25-14)10-4-5-12(19)13(20)7-10/h4-7,15H,3,22H2,1-2H3/t15-/m1/s1. The number of nitrogens with two attached hydrogens (primary N) is 1. The van der Waals surface area contributed by atoms with Crippen LogP contribution in [0.2, 0.25) is 10.0 Å². The Morgan fingerprint density at radius 3 is 2.64 bits per heavy atom. The third-order valence-corrected chi connectivity index (χ3v) is 5.02. The molecular formula is C18H15Cl2N3O2.